The van der Waals surface area contributed by atoms with Crippen molar-refractivity contribution in [3.63, 3.8) is 0 Å². The lowest BCUT2D eigenvalue weighted by atomic mass is 10.00. The lowest BCUT2D eigenvalue weighted by Gasteiger charge is -2.07. The molecule has 3 rings (SSSR count). The molecule has 0 heterocycles. The second kappa shape index (κ2) is 5.77. The van der Waals surface area contributed by atoms with Crippen molar-refractivity contribution in [2.75, 3.05) is 0 Å². The Morgan fingerprint density at radius 2 is 1.68 bits per heavy atom. The van der Waals surface area contributed by atoms with Gasteiger partial charge < -0.3 is 15.6 Å². The third kappa shape index (κ3) is 3.01. The van der Waals surface area contributed by atoms with Crippen molar-refractivity contribution >= 4 is 16.9 Å². The van der Waals surface area contributed by atoms with Gasteiger partial charge in [0.25, 0.3) is 0 Å². The summed E-state index contributed by atoms with van der Waals surface area (Å²) in [6.45, 7) is 0.157. The van der Waals surface area contributed by atoms with Crippen molar-refractivity contribution in [1.29, 1.82) is 0 Å². The first-order chi connectivity index (χ1) is 10.6. The lowest BCUT2D eigenvalue weighted by molar-refractivity contribution is 0.150. The van der Waals surface area contributed by atoms with Gasteiger partial charge in [-0.1, -0.05) is 36.4 Å². The zero-order valence-corrected chi connectivity index (χ0v) is 11.8. The van der Waals surface area contributed by atoms with E-state index in [1.165, 1.54) is 0 Å². The Bertz CT molecular complexity index is 843. The van der Waals surface area contributed by atoms with E-state index < -0.39 is 6.09 Å². The minimum absolute atomic E-state index is 0.157. The van der Waals surface area contributed by atoms with E-state index >= 15 is 0 Å². The first kappa shape index (κ1) is 13.9. The van der Waals surface area contributed by atoms with E-state index in [0.717, 1.165) is 27.5 Å². The van der Waals surface area contributed by atoms with E-state index in [4.69, 9.17) is 10.5 Å². The summed E-state index contributed by atoms with van der Waals surface area (Å²) >= 11 is 0. The Balaban J connectivity index is 1.94. The molecule has 0 aliphatic rings. The van der Waals surface area contributed by atoms with Crippen LogP contribution in [0.5, 0.6) is 5.75 Å². The van der Waals surface area contributed by atoms with Gasteiger partial charge in [-0.15, -0.1) is 0 Å². The summed E-state index contributed by atoms with van der Waals surface area (Å²) in [6.07, 6.45) is -0.782. The highest BCUT2D eigenvalue weighted by molar-refractivity contribution is 5.88. The molecule has 4 nitrogen and oxygen atoms in total. The average Bonchev–Trinajstić information content (AvgIpc) is 2.52. The summed E-state index contributed by atoms with van der Waals surface area (Å²) in [5, 5.41) is 11.5. The number of carbonyl (C=O) groups excluding carboxylic acids is 1. The van der Waals surface area contributed by atoms with Gasteiger partial charge in [0, 0.05) is 0 Å². The molecule has 0 spiro atoms. The van der Waals surface area contributed by atoms with Gasteiger partial charge in [-0.25, -0.2) is 4.79 Å². The predicted molar refractivity (Wildman–Crippen MR) is 85.4 cm³/mol. The molecule has 0 atom stereocenters. The molecule has 0 aliphatic carbocycles. The lowest BCUT2D eigenvalue weighted by Crippen LogP contribution is -2.12. The Hall–Kier alpha value is -3.01. The van der Waals surface area contributed by atoms with Gasteiger partial charge in [0.05, 0.1) is 0 Å². The molecule has 3 aromatic carbocycles. The molecule has 110 valence electrons. The molecular formula is C18H15NO3. The van der Waals surface area contributed by atoms with E-state index in [0.29, 0.717) is 0 Å². The molecule has 0 saturated heterocycles. The molecule has 22 heavy (non-hydrogen) atoms. The van der Waals surface area contributed by atoms with E-state index in [1.807, 2.05) is 42.5 Å². The summed E-state index contributed by atoms with van der Waals surface area (Å²) in [6, 6.07) is 19.1. The highest BCUT2D eigenvalue weighted by Crippen LogP contribution is 2.27. The van der Waals surface area contributed by atoms with Crippen LogP contribution in [0.4, 0.5) is 4.79 Å². The minimum atomic E-state index is -0.782. The number of hydrogen-bond donors (Lipinski definition) is 2. The van der Waals surface area contributed by atoms with Crippen molar-refractivity contribution in [1.82, 2.24) is 0 Å². The summed E-state index contributed by atoms with van der Waals surface area (Å²) < 4.78 is 4.81. The Labute approximate surface area is 127 Å². The van der Waals surface area contributed by atoms with Gasteiger partial charge in [0.2, 0.25) is 0 Å². The third-order valence-electron chi connectivity index (χ3n) is 3.47. The molecule has 0 radical (unpaired) electrons. The van der Waals surface area contributed by atoms with E-state index in [-0.39, 0.29) is 12.4 Å². The average molecular weight is 293 g/mol. The van der Waals surface area contributed by atoms with Crippen molar-refractivity contribution in [3.8, 4) is 16.9 Å². The van der Waals surface area contributed by atoms with Gasteiger partial charge in [0.1, 0.15) is 12.4 Å². The second-order valence-corrected chi connectivity index (χ2v) is 5.05. The second-order valence-electron chi connectivity index (χ2n) is 5.05. The first-order valence-corrected chi connectivity index (χ1v) is 6.86. The van der Waals surface area contributed by atoms with Crippen LogP contribution in [0.15, 0.2) is 60.7 Å². The van der Waals surface area contributed by atoms with Crippen LogP contribution in [-0.2, 0) is 11.3 Å². The normalized spacial score (nSPS) is 10.5. The van der Waals surface area contributed by atoms with Gasteiger partial charge in [-0.3, -0.25) is 0 Å². The van der Waals surface area contributed by atoms with Crippen molar-refractivity contribution in [2.24, 2.45) is 5.73 Å². The van der Waals surface area contributed by atoms with Crippen LogP contribution < -0.4 is 5.73 Å². The molecule has 3 aromatic rings. The SMILES string of the molecule is NC(=O)OCc1cccc(-c2ccc3cc(O)ccc3c2)c1. The molecule has 0 aliphatic heterocycles. The number of primary amides is 1. The van der Waals surface area contributed by atoms with Crippen molar-refractivity contribution < 1.29 is 14.6 Å². The number of amides is 1. The summed E-state index contributed by atoms with van der Waals surface area (Å²) in [5.74, 6) is 0.255. The smallest absolute Gasteiger partial charge is 0.404 e. The summed E-state index contributed by atoms with van der Waals surface area (Å²) in [7, 11) is 0. The number of ether oxygens (including phenoxy) is 1. The molecule has 0 fully saturated rings. The number of phenols is 1. The summed E-state index contributed by atoms with van der Waals surface area (Å²) in [5.41, 5.74) is 7.94. The van der Waals surface area contributed by atoms with Crippen molar-refractivity contribution in [3.05, 3.63) is 66.2 Å². The largest absolute Gasteiger partial charge is 0.508 e. The monoisotopic (exact) mass is 293 g/mol. The number of fused-ring (bicyclic) bond motifs is 1. The quantitative estimate of drug-likeness (QED) is 0.771. The van der Waals surface area contributed by atoms with Gasteiger partial charge in [0.15, 0.2) is 0 Å². The summed E-state index contributed by atoms with van der Waals surface area (Å²) in [4.78, 5) is 10.7. The fourth-order valence-electron chi connectivity index (χ4n) is 2.41. The third-order valence-corrected chi connectivity index (χ3v) is 3.47. The zero-order chi connectivity index (χ0) is 15.5. The van der Waals surface area contributed by atoms with Crippen LogP contribution >= 0.6 is 0 Å². The zero-order valence-electron chi connectivity index (χ0n) is 11.8. The van der Waals surface area contributed by atoms with Crippen LogP contribution in [0.1, 0.15) is 5.56 Å². The Morgan fingerprint density at radius 3 is 2.50 bits per heavy atom. The highest BCUT2D eigenvalue weighted by atomic mass is 16.5. The number of phenolic OH excluding ortho intramolecular Hbond substituents is 1. The Morgan fingerprint density at radius 1 is 0.955 bits per heavy atom. The maximum absolute atomic E-state index is 10.7. The molecule has 0 bridgehead atoms. The molecule has 4 heteroatoms. The number of aromatic hydroxyl groups is 1. The van der Waals surface area contributed by atoms with Crippen LogP contribution in [0.25, 0.3) is 21.9 Å². The first-order valence-electron chi connectivity index (χ1n) is 6.86. The number of benzene rings is 3. The van der Waals surface area contributed by atoms with Crippen LogP contribution in [-0.4, -0.2) is 11.2 Å². The molecular weight excluding hydrogens is 278 g/mol. The topological polar surface area (TPSA) is 72.6 Å². The van der Waals surface area contributed by atoms with E-state index in [9.17, 15) is 9.90 Å². The van der Waals surface area contributed by atoms with Gasteiger partial charge in [-0.2, -0.15) is 0 Å². The fraction of sp³-hybridized carbons (Fsp3) is 0.0556. The number of carbonyl (C=O) groups is 1. The maximum Gasteiger partial charge on any atom is 0.404 e. The molecule has 0 saturated carbocycles. The number of hydrogen-bond acceptors (Lipinski definition) is 3. The number of nitrogens with two attached hydrogens (primary N) is 1. The minimum Gasteiger partial charge on any atom is -0.508 e. The van der Waals surface area contributed by atoms with Crippen molar-refractivity contribution in [2.45, 2.75) is 6.61 Å². The molecule has 3 N–H and O–H groups in total. The Kier molecular flexibility index (Phi) is 3.66. The van der Waals surface area contributed by atoms with E-state index in [1.54, 1.807) is 12.1 Å². The standard InChI is InChI=1S/C18H15NO3/c19-18(21)22-11-12-2-1-3-13(8-12)14-4-5-16-10-17(20)7-6-15(16)9-14/h1-10,20H,11H2,(H2,19,21). The van der Waals surface area contributed by atoms with Crippen LogP contribution in [0, 0.1) is 0 Å². The van der Waals surface area contributed by atoms with E-state index in [2.05, 4.69) is 6.07 Å². The van der Waals surface area contributed by atoms with Crippen LogP contribution in [0.3, 0.4) is 0 Å². The molecule has 0 unspecified atom stereocenters. The predicted octanol–water partition coefficient (Wildman–Crippen LogP) is 3.81. The molecule has 1 amide bonds. The maximum atomic E-state index is 10.7. The van der Waals surface area contributed by atoms with Crippen LogP contribution in [0.2, 0.25) is 0 Å². The van der Waals surface area contributed by atoms with Gasteiger partial charge >= 0.3 is 6.09 Å². The number of rotatable bonds is 3. The highest BCUT2D eigenvalue weighted by Gasteiger charge is 2.03. The fourth-order valence-corrected chi connectivity index (χ4v) is 2.41. The van der Waals surface area contributed by atoms with Gasteiger partial charge in [-0.05, 0) is 51.7 Å². The molecule has 0 aromatic heterocycles.